The largest absolute Gasteiger partial charge is 0.310 e. The number of nitrogens with zero attached hydrogens (tertiary/aromatic N) is 1. The molecule has 0 spiro atoms. The van der Waals surface area contributed by atoms with E-state index in [1.165, 1.54) is 105 Å². The number of hydrogen-bond donors (Lipinski definition) is 0. The summed E-state index contributed by atoms with van der Waals surface area (Å²) in [5.41, 5.74) is 18.1. The van der Waals surface area contributed by atoms with Gasteiger partial charge in [-0.15, -0.1) is 0 Å². The van der Waals surface area contributed by atoms with Gasteiger partial charge in [-0.05, 0) is 159 Å². The lowest BCUT2D eigenvalue weighted by molar-refractivity contribution is -0.00277. The van der Waals surface area contributed by atoms with Crippen LogP contribution < -0.4 is 4.90 Å². The van der Waals surface area contributed by atoms with Crippen LogP contribution in [0.5, 0.6) is 0 Å². The van der Waals surface area contributed by atoms with E-state index in [2.05, 4.69) is 189 Å². The summed E-state index contributed by atoms with van der Waals surface area (Å²) in [5.74, 6) is 4.48. The van der Waals surface area contributed by atoms with E-state index in [0.29, 0.717) is 0 Å². The van der Waals surface area contributed by atoms with Crippen molar-refractivity contribution >= 4 is 17.1 Å². The first kappa shape index (κ1) is 33.7. The lowest BCUT2D eigenvalue weighted by Gasteiger charge is -2.54. The summed E-state index contributed by atoms with van der Waals surface area (Å²) in [6.45, 7) is 4.77. The van der Waals surface area contributed by atoms with Crippen molar-refractivity contribution in [2.45, 2.75) is 57.3 Å². The van der Waals surface area contributed by atoms with E-state index >= 15 is 0 Å². The van der Waals surface area contributed by atoms with Crippen LogP contribution in [0.1, 0.15) is 68.6 Å². The Morgan fingerprint density at radius 3 is 1.46 bits per heavy atom. The van der Waals surface area contributed by atoms with Gasteiger partial charge in [0.2, 0.25) is 0 Å². The third-order valence-corrected chi connectivity index (χ3v) is 14.3. The van der Waals surface area contributed by atoms with Gasteiger partial charge in [0.25, 0.3) is 0 Å². The highest BCUT2D eigenvalue weighted by atomic mass is 15.1. The van der Waals surface area contributed by atoms with E-state index in [1.54, 1.807) is 5.56 Å². The molecule has 0 aliphatic heterocycles. The predicted molar refractivity (Wildman–Crippen MR) is 235 cm³/mol. The highest BCUT2D eigenvalue weighted by molar-refractivity contribution is 5.92. The highest BCUT2D eigenvalue weighted by Gasteiger charge is 2.48. The molecule has 4 bridgehead atoms. The maximum atomic E-state index is 2.49. The van der Waals surface area contributed by atoms with E-state index in [-0.39, 0.29) is 5.41 Å². The summed E-state index contributed by atoms with van der Waals surface area (Å²) < 4.78 is 0. The van der Waals surface area contributed by atoms with Gasteiger partial charge in [0.1, 0.15) is 0 Å². The van der Waals surface area contributed by atoms with Gasteiger partial charge in [-0.2, -0.15) is 0 Å². The lowest BCUT2D eigenvalue weighted by atomic mass is 9.51. The van der Waals surface area contributed by atoms with E-state index in [4.69, 9.17) is 0 Å². The smallest absolute Gasteiger partial charge is 0.0465 e. The number of rotatable bonds is 7. The number of fused-ring (bicyclic) bond motifs is 3. The SMILES string of the molecule is CC1(C)c2ccccc2-c2ccc(N(c3ccc(-c4ccccc4-c4ccccc4-c4ccccc4)cc3)c3ccc(C4C5CC6CC(C5)CC4C6)cc3)cc21. The van der Waals surface area contributed by atoms with Crippen molar-refractivity contribution in [3.05, 3.63) is 187 Å². The second-order valence-corrected chi connectivity index (χ2v) is 17.8. The molecule has 5 aliphatic rings. The summed E-state index contributed by atoms with van der Waals surface area (Å²) in [4.78, 5) is 2.49. The first-order valence-corrected chi connectivity index (χ1v) is 21.0. The van der Waals surface area contributed by atoms with E-state index in [9.17, 15) is 0 Å². The van der Waals surface area contributed by atoms with Crippen molar-refractivity contribution in [1.29, 1.82) is 0 Å². The van der Waals surface area contributed by atoms with Crippen LogP contribution in [-0.4, -0.2) is 0 Å². The minimum atomic E-state index is -0.0689. The Kier molecular flexibility index (Phi) is 7.95. The normalized spacial score (nSPS) is 22.4. The third kappa shape index (κ3) is 5.50. The number of anilines is 3. The van der Waals surface area contributed by atoms with Crippen molar-refractivity contribution in [2.24, 2.45) is 23.7 Å². The van der Waals surface area contributed by atoms with Gasteiger partial charge in [0.05, 0.1) is 0 Å². The molecule has 0 aromatic heterocycles. The fourth-order valence-corrected chi connectivity index (χ4v) is 11.9. The Morgan fingerprint density at radius 1 is 0.393 bits per heavy atom. The van der Waals surface area contributed by atoms with Gasteiger partial charge in [0, 0.05) is 22.5 Å². The van der Waals surface area contributed by atoms with Crippen molar-refractivity contribution < 1.29 is 0 Å². The molecule has 7 aromatic rings. The molecule has 1 heteroatoms. The monoisotopic (exact) mass is 723 g/mol. The fraction of sp³-hybridized carbons (Fsp3) is 0.236. The van der Waals surface area contributed by atoms with Gasteiger partial charge in [0.15, 0.2) is 0 Å². The topological polar surface area (TPSA) is 3.24 Å². The van der Waals surface area contributed by atoms with Gasteiger partial charge >= 0.3 is 0 Å². The molecule has 0 heterocycles. The Balaban J connectivity index is 0.989. The highest BCUT2D eigenvalue weighted by Crippen LogP contribution is 2.60. The van der Waals surface area contributed by atoms with Crippen LogP contribution in [0.4, 0.5) is 17.1 Å². The molecule has 7 aromatic carbocycles. The van der Waals surface area contributed by atoms with Crippen LogP contribution in [0.3, 0.4) is 0 Å². The quantitative estimate of drug-likeness (QED) is 0.158. The standard InChI is InChI=1S/C55H49N/c1-55(2)52-19-11-10-18-50(52)51-29-28-45(35-53(51)55)56(44-26-22-40(23-27-44)54-41-31-36-30-37(33-41)34-42(54)32-36)43-24-20-39(21-25-43)47-15-7-9-17-49(47)48-16-8-6-14-46(48)38-12-4-3-5-13-38/h3-29,35-37,41-42,54H,30-34H2,1-2H3. The first-order valence-electron chi connectivity index (χ1n) is 21.0. The summed E-state index contributed by atoms with van der Waals surface area (Å²) in [6, 6.07) is 63.7. The van der Waals surface area contributed by atoms with Crippen LogP contribution in [0.15, 0.2) is 170 Å². The minimum absolute atomic E-state index is 0.0689. The van der Waals surface area contributed by atoms with Crippen molar-refractivity contribution in [3.8, 4) is 44.5 Å². The minimum Gasteiger partial charge on any atom is -0.310 e. The molecule has 0 N–H and O–H groups in total. The Labute approximate surface area is 332 Å². The molecule has 0 amide bonds. The van der Waals surface area contributed by atoms with Crippen LogP contribution in [0, 0.1) is 23.7 Å². The molecule has 1 nitrogen and oxygen atoms in total. The maximum absolute atomic E-state index is 2.49. The van der Waals surface area contributed by atoms with Crippen LogP contribution in [0.2, 0.25) is 0 Å². The molecule has 12 rings (SSSR count). The van der Waals surface area contributed by atoms with Crippen molar-refractivity contribution in [1.82, 2.24) is 0 Å². The lowest BCUT2D eigenvalue weighted by Crippen LogP contribution is -2.43. The molecule has 4 saturated carbocycles. The number of benzene rings is 7. The Morgan fingerprint density at radius 2 is 0.857 bits per heavy atom. The molecule has 4 fully saturated rings. The molecule has 274 valence electrons. The van der Waals surface area contributed by atoms with Gasteiger partial charge in [-0.25, -0.2) is 0 Å². The second kappa shape index (κ2) is 13.2. The Hall–Kier alpha value is -5.66. The zero-order chi connectivity index (χ0) is 37.4. The average molecular weight is 724 g/mol. The van der Waals surface area contributed by atoms with Gasteiger partial charge in [-0.3, -0.25) is 0 Å². The van der Waals surface area contributed by atoms with Crippen molar-refractivity contribution in [2.75, 3.05) is 4.90 Å². The molecule has 5 aliphatic carbocycles. The van der Waals surface area contributed by atoms with E-state index in [1.807, 2.05) is 0 Å². The fourth-order valence-electron chi connectivity index (χ4n) is 11.9. The zero-order valence-corrected chi connectivity index (χ0v) is 32.5. The predicted octanol–water partition coefficient (Wildman–Crippen LogP) is 15.0. The molecule has 0 atom stereocenters. The summed E-state index contributed by atoms with van der Waals surface area (Å²) >= 11 is 0. The molecule has 56 heavy (non-hydrogen) atoms. The first-order chi connectivity index (χ1) is 27.5. The Bertz CT molecular complexity index is 2530. The summed E-state index contributed by atoms with van der Waals surface area (Å²) in [5, 5.41) is 0. The second-order valence-electron chi connectivity index (χ2n) is 17.8. The summed E-state index contributed by atoms with van der Waals surface area (Å²) in [7, 11) is 0. The van der Waals surface area contributed by atoms with Gasteiger partial charge in [-0.1, -0.05) is 147 Å². The molecule has 0 saturated heterocycles. The maximum Gasteiger partial charge on any atom is 0.0465 e. The van der Waals surface area contributed by atoms with Crippen LogP contribution >= 0.6 is 0 Å². The van der Waals surface area contributed by atoms with E-state index in [0.717, 1.165) is 29.6 Å². The summed E-state index contributed by atoms with van der Waals surface area (Å²) in [6.07, 6.45) is 7.30. The van der Waals surface area contributed by atoms with E-state index < -0.39 is 0 Å². The van der Waals surface area contributed by atoms with Crippen molar-refractivity contribution in [3.63, 3.8) is 0 Å². The van der Waals surface area contributed by atoms with Gasteiger partial charge < -0.3 is 4.90 Å². The zero-order valence-electron chi connectivity index (χ0n) is 32.5. The van der Waals surface area contributed by atoms with Crippen LogP contribution in [-0.2, 0) is 5.41 Å². The molecule has 0 radical (unpaired) electrons. The molecular formula is C55H49N. The van der Waals surface area contributed by atoms with Crippen LogP contribution in [0.25, 0.3) is 44.5 Å². The average Bonchev–Trinajstić information content (AvgIpc) is 3.47. The molecular weight excluding hydrogens is 675 g/mol. The number of hydrogen-bond acceptors (Lipinski definition) is 1. The third-order valence-electron chi connectivity index (χ3n) is 14.3. The molecule has 0 unspecified atom stereocenters.